The second-order valence-electron chi connectivity index (χ2n) is 3.40. The quantitative estimate of drug-likeness (QED) is 0.545. The molecule has 0 aliphatic carbocycles. The van der Waals surface area contributed by atoms with Gasteiger partial charge in [0.2, 0.25) is 0 Å². The number of methoxy groups -OCH3 is 1. The van der Waals surface area contributed by atoms with Gasteiger partial charge in [0.05, 0.1) is 6.61 Å². The zero-order valence-electron chi connectivity index (χ0n) is 9.31. The molecule has 0 spiro atoms. The molecule has 0 fully saturated rings. The average Bonchev–Trinajstić information content (AvgIpc) is 2.11. The molecule has 0 aliphatic rings. The predicted molar refractivity (Wildman–Crippen MR) is 57.2 cm³/mol. The van der Waals surface area contributed by atoms with Gasteiger partial charge >= 0.3 is 0 Å². The molecule has 0 rings (SSSR count). The number of ether oxygens (including phenoxy) is 1. The van der Waals surface area contributed by atoms with Crippen molar-refractivity contribution in [3.05, 3.63) is 0 Å². The lowest BCUT2D eigenvalue weighted by Gasteiger charge is -2.15. The monoisotopic (exact) mass is 188 g/mol. The molecule has 80 valence electrons. The van der Waals surface area contributed by atoms with Gasteiger partial charge < -0.3 is 15.0 Å². The van der Waals surface area contributed by atoms with Gasteiger partial charge in [-0.25, -0.2) is 0 Å². The van der Waals surface area contributed by atoms with Crippen LogP contribution in [-0.2, 0) is 4.74 Å². The Balaban J connectivity index is 2.97. The Hall–Kier alpha value is -0.120. The zero-order valence-corrected chi connectivity index (χ0v) is 9.31. The molecule has 0 saturated carbocycles. The highest BCUT2D eigenvalue weighted by Crippen LogP contribution is 1.88. The van der Waals surface area contributed by atoms with Gasteiger partial charge in [0.15, 0.2) is 0 Å². The summed E-state index contributed by atoms with van der Waals surface area (Å²) in [5, 5.41) is 3.33. The third-order valence-corrected chi connectivity index (χ3v) is 1.98. The fourth-order valence-corrected chi connectivity index (χ4v) is 1.27. The minimum Gasteiger partial charge on any atom is -0.383 e. The van der Waals surface area contributed by atoms with Crippen LogP contribution in [0.4, 0.5) is 0 Å². The Labute approximate surface area is 82.4 Å². The lowest BCUT2D eigenvalue weighted by molar-refractivity contribution is 0.199. The predicted octanol–water partition coefficient (Wildman–Crippen LogP) is 0.954. The summed E-state index contributed by atoms with van der Waals surface area (Å²) in [5.74, 6) is 0. The van der Waals surface area contributed by atoms with Gasteiger partial charge in [0.1, 0.15) is 0 Å². The Bertz CT molecular complexity index is 98.9. The second-order valence-corrected chi connectivity index (χ2v) is 3.40. The van der Waals surface area contributed by atoms with Crippen molar-refractivity contribution in [1.82, 2.24) is 10.2 Å². The van der Waals surface area contributed by atoms with Gasteiger partial charge in [0.25, 0.3) is 0 Å². The van der Waals surface area contributed by atoms with Crippen molar-refractivity contribution in [1.29, 1.82) is 0 Å². The largest absolute Gasteiger partial charge is 0.383 e. The molecular formula is C10H24N2O. The summed E-state index contributed by atoms with van der Waals surface area (Å²) in [6.07, 6.45) is 2.47. The smallest absolute Gasteiger partial charge is 0.0587 e. The van der Waals surface area contributed by atoms with Gasteiger partial charge in [-0.05, 0) is 39.5 Å². The summed E-state index contributed by atoms with van der Waals surface area (Å²) >= 11 is 0. The minimum absolute atomic E-state index is 0.810. The summed E-state index contributed by atoms with van der Waals surface area (Å²) in [7, 11) is 3.91. The van der Waals surface area contributed by atoms with E-state index in [1.807, 2.05) is 0 Å². The Morgan fingerprint density at radius 2 is 2.00 bits per heavy atom. The summed E-state index contributed by atoms with van der Waals surface area (Å²) < 4.78 is 4.94. The molecule has 0 aromatic heterocycles. The van der Waals surface area contributed by atoms with Crippen molar-refractivity contribution >= 4 is 0 Å². The highest BCUT2D eigenvalue weighted by Gasteiger charge is 1.94. The topological polar surface area (TPSA) is 24.5 Å². The normalized spacial score (nSPS) is 11.1. The van der Waals surface area contributed by atoms with Crippen LogP contribution in [0, 0.1) is 0 Å². The van der Waals surface area contributed by atoms with E-state index in [1.54, 1.807) is 7.11 Å². The highest BCUT2D eigenvalue weighted by molar-refractivity contribution is 4.53. The molecule has 0 radical (unpaired) electrons. The molecule has 13 heavy (non-hydrogen) atoms. The van der Waals surface area contributed by atoms with Crippen LogP contribution < -0.4 is 5.32 Å². The Kier molecular flexibility index (Phi) is 9.87. The van der Waals surface area contributed by atoms with Crippen LogP contribution >= 0.6 is 0 Å². The number of hydrogen-bond donors (Lipinski definition) is 1. The molecule has 0 bridgehead atoms. The van der Waals surface area contributed by atoms with Crippen LogP contribution in [0.2, 0.25) is 0 Å². The first-order chi connectivity index (χ1) is 6.31. The van der Waals surface area contributed by atoms with Crippen LogP contribution in [0.15, 0.2) is 0 Å². The molecule has 0 atom stereocenters. The van der Waals surface area contributed by atoms with Crippen LogP contribution in [0.25, 0.3) is 0 Å². The maximum atomic E-state index is 4.94. The second kappa shape index (κ2) is 9.96. The van der Waals surface area contributed by atoms with E-state index in [0.717, 1.165) is 19.7 Å². The first-order valence-electron chi connectivity index (χ1n) is 5.19. The molecule has 0 saturated heterocycles. The molecule has 0 unspecified atom stereocenters. The Morgan fingerprint density at radius 3 is 2.62 bits per heavy atom. The number of rotatable bonds is 9. The van der Waals surface area contributed by atoms with Crippen molar-refractivity contribution in [3.63, 3.8) is 0 Å². The van der Waals surface area contributed by atoms with E-state index in [4.69, 9.17) is 4.74 Å². The first kappa shape index (κ1) is 12.9. The molecule has 0 aromatic carbocycles. The molecule has 0 amide bonds. The maximum absolute atomic E-state index is 4.94. The van der Waals surface area contributed by atoms with Crippen molar-refractivity contribution in [2.45, 2.75) is 19.8 Å². The molecule has 3 heteroatoms. The number of nitrogens with one attached hydrogen (secondary N) is 1. The highest BCUT2D eigenvalue weighted by atomic mass is 16.5. The number of hydrogen-bond acceptors (Lipinski definition) is 3. The summed E-state index contributed by atoms with van der Waals surface area (Å²) in [5.41, 5.74) is 0. The molecular weight excluding hydrogens is 164 g/mol. The molecule has 1 N–H and O–H groups in total. The van der Waals surface area contributed by atoms with Crippen LogP contribution in [-0.4, -0.2) is 51.8 Å². The fourth-order valence-electron chi connectivity index (χ4n) is 1.27. The minimum atomic E-state index is 0.810. The van der Waals surface area contributed by atoms with E-state index in [2.05, 4.69) is 24.2 Å². The molecule has 0 heterocycles. The average molecular weight is 188 g/mol. The van der Waals surface area contributed by atoms with E-state index >= 15 is 0 Å². The summed E-state index contributed by atoms with van der Waals surface area (Å²) in [6, 6.07) is 0. The van der Waals surface area contributed by atoms with E-state index in [1.165, 1.54) is 25.9 Å². The van der Waals surface area contributed by atoms with Gasteiger partial charge in [-0.15, -0.1) is 0 Å². The molecule has 0 aliphatic heterocycles. The van der Waals surface area contributed by atoms with Crippen molar-refractivity contribution in [3.8, 4) is 0 Å². The first-order valence-corrected chi connectivity index (χ1v) is 5.19. The van der Waals surface area contributed by atoms with E-state index < -0.39 is 0 Å². The van der Waals surface area contributed by atoms with Gasteiger partial charge in [-0.3, -0.25) is 0 Å². The maximum Gasteiger partial charge on any atom is 0.0587 e. The molecule has 0 aromatic rings. The summed E-state index contributed by atoms with van der Waals surface area (Å²) in [4.78, 5) is 2.37. The Morgan fingerprint density at radius 1 is 1.23 bits per heavy atom. The number of nitrogens with zero attached hydrogens (tertiary/aromatic N) is 1. The van der Waals surface area contributed by atoms with Gasteiger partial charge in [0, 0.05) is 13.7 Å². The van der Waals surface area contributed by atoms with Gasteiger partial charge in [-0.1, -0.05) is 6.92 Å². The van der Waals surface area contributed by atoms with E-state index in [9.17, 15) is 0 Å². The lowest BCUT2D eigenvalue weighted by Crippen LogP contribution is -2.26. The summed E-state index contributed by atoms with van der Waals surface area (Å²) in [6.45, 7) is 7.48. The van der Waals surface area contributed by atoms with Crippen LogP contribution in [0.3, 0.4) is 0 Å². The third kappa shape index (κ3) is 9.80. The van der Waals surface area contributed by atoms with E-state index in [-0.39, 0.29) is 0 Å². The van der Waals surface area contributed by atoms with Crippen LogP contribution in [0.5, 0.6) is 0 Å². The van der Waals surface area contributed by atoms with Crippen LogP contribution in [0.1, 0.15) is 19.8 Å². The lowest BCUT2D eigenvalue weighted by atomic mass is 10.3. The zero-order chi connectivity index (χ0) is 9.94. The van der Waals surface area contributed by atoms with Crippen molar-refractivity contribution in [2.24, 2.45) is 0 Å². The standard InChI is InChI=1S/C10H24N2O/c1-4-8-12(2)9-5-6-11-7-10-13-3/h11H,4-10H2,1-3H3. The fraction of sp³-hybridized carbons (Fsp3) is 1.00. The van der Waals surface area contributed by atoms with Crippen molar-refractivity contribution in [2.75, 3.05) is 46.9 Å². The van der Waals surface area contributed by atoms with E-state index in [0.29, 0.717) is 0 Å². The third-order valence-electron chi connectivity index (χ3n) is 1.98. The van der Waals surface area contributed by atoms with Gasteiger partial charge in [-0.2, -0.15) is 0 Å². The SMILES string of the molecule is CCCN(C)CCCNCCOC. The van der Waals surface area contributed by atoms with Crippen molar-refractivity contribution < 1.29 is 4.74 Å². The molecule has 3 nitrogen and oxygen atoms in total.